The highest BCUT2D eigenvalue weighted by Gasteiger charge is 2.29. The van der Waals surface area contributed by atoms with E-state index in [0.717, 1.165) is 18.5 Å². The molecular weight excluding hydrogens is 324 g/mol. The first-order chi connectivity index (χ1) is 11.6. The van der Waals surface area contributed by atoms with Crippen LogP contribution in [0.25, 0.3) is 0 Å². The maximum Gasteiger partial charge on any atom is 0.337 e. The molecule has 24 heavy (non-hydrogen) atoms. The van der Waals surface area contributed by atoms with Gasteiger partial charge in [-0.1, -0.05) is 30.3 Å². The smallest absolute Gasteiger partial charge is 0.337 e. The Balaban J connectivity index is 2.01. The van der Waals surface area contributed by atoms with Crippen molar-refractivity contribution in [3.05, 3.63) is 47.2 Å². The van der Waals surface area contributed by atoms with E-state index >= 15 is 0 Å². The van der Waals surface area contributed by atoms with Crippen molar-refractivity contribution in [1.29, 1.82) is 0 Å². The molecule has 0 aromatic heterocycles. The number of benzene rings is 1. The fraction of sp³-hybridized carbons (Fsp3) is 0.444. The van der Waals surface area contributed by atoms with Gasteiger partial charge in [0.1, 0.15) is 6.61 Å². The number of nitrogens with one attached hydrogen (secondary N) is 2. The summed E-state index contributed by atoms with van der Waals surface area (Å²) in [4.78, 5) is 12.4. The van der Waals surface area contributed by atoms with Crippen molar-refractivity contribution in [3.8, 4) is 0 Å². The highest BCUT2D eigenvalue weighted by atomic mass is 32.1. The largest absolute Gasteiger partial charge is 0.460 e. The zero-order valence-corrected chi connectivity index (χ0v) is 14.9. The molecule has 1 aliphatic rings. The highest BCUT2D eigenvalue weighted by molar-refractivity contribution is 7.80. The Morgan fingerprint density at radius 2 is 2.00 bits per heavy atom. The average molecular weight is 348 g/mol. The van der Waals surface area contributed by atoms with Crippen LogP contribution in [0.3, 0.4) is 0 Å². The van der Waals surface area contributed by atoms with Crippen molar-refractivity contribution in [3.63, 3.8) is 0 Å². The number of hydrogen-bond donors (Lipinski definition) is 2. The first-order valence-corrected chi connectivity index (χ1v) is 8.59. The third kappa shape index (κ3) is 5.32. The highest BCUT2D eigenvalue weighted by Crippen LogP contribution is 2.18. The first-order valence-electron chi connectivity index (χ1n) is 8.19. The number of allylic oxidation sites excluding steroid dienone is 1. The molecule has 6 heteroatoms. The van der Waals surface area contributed by atoms with Gasteiger partial charge >= 0.3 is 5.97 Å². The third-order valence-corrected chi connectivity index (χ3v) is 4.03. The van der Waals surface area contributed by atoms with Crippen molar-refractivity contribution >= 4 is 23.3 Å². The van der Waals surface area contributed by atoms with Crippen LogP contribution in [0, 0.1) is 0 Å². The van der Waals surface area contributed by atoms with E-state index in [9.17, 15) is 4.79 Å². The summed E-state index contributed by atoms with van der Waals surface area (Å²) in [6.07, 6.45) is 1.61. The zero-order chi connectivity index (χ0) is 17.4. The lowest BCUT2D eigenvalue weighted by Crippen LogP contribution is -2.50. The second kappa shape index (κ2) is 9.39. The molecule has 0 amide bonds. The van der Waals surface area contributed by atoms with Gasteiger partial charge in [-0.3, -0.25) is 0 Å². The number of thiocarbonyl (C=S) groups is 1. The van der Waals surface area contributed by atoms with E-state index in [1.54, 1.807) is 0 Å². The molecule has 0 bridgehead atoms. The molecule has 0 saturated carbocycles. The molecule has 2 rings (SSSR count). The fourth-order valence-corrected chi connectivity index (χ4v) is 2.94. The van der Waals surface area contributed by atoms with Gasteiger partial charge in [-0.05, 0) is 44.5 Å². The van der Waals surface area contributed by atoms with Crippen LogP contribution in [-0.2, 0) is 20.7 Å². The molecule has 0 aliphatic carbocycles. The van der Waals surface area contributed by atoms with E-state index in [1.807, 2.05) is 32.0 Å². The first kappa shape index (κ1) is 18.4. The lowest BCUT2D eigenvalue weighted by Gasteiger charge is -2.29. The van der Waals surface area contributed by atoms with Gasteiger partial charge in [0.25, 0.3) is 0 Å². The molecule has 5 nitrogen and oxygen atoms in total. The molecule has 2 N–H and O–H groups in total. The fourth-order valence-electron chi connectivity index (χ4n) is 2.65. The minimum Gasteiger partial charge on any atom is -0.460 e. The summed E-state index contributed by atoms with van der Waals surface area (Å²) in [6, 6.07) is 10.0. The van der Waals surface area contributed by atoms with E-state index in [0.29, 0.717) is 23.9 Å². The monoisotopic (exact) mass is 348 g/mol. The Bertz CT molecular complexity index is 602. The summed E-state index contributed by atoms with van der Waals surface area (Å²) in [7, 11) is 0. The van der Waals surface area contributed by atoms with Crippen molar-refractivity contribution in [2.75, 3.05) is 19.8 Å². The number of carbonyl (C=O) groups is 1. The molecule has 1 aromatic rings. The van der Waals surface area contributed by atoms with Gasteiger partial charge in [0, 0.05) is 12.3 Å². The van der Waals surface area contributed by atoms with Gasteiger partial charge in [0.05, 0.1) is 18.2 Å². The summed E-state index contributed by atoms with van der Waals surface area (Å²) in [5, 5.41) is 6.73. The molecule has 0 fully saturated rings. The van der Waals surface area contributed by atoms with Crippen LogP contribution in [0.15, 0.2) is 41.6 Å². The van der Waals surface area contributed by atoms with E-state index in [4.69, 9.17) is 21.7 Å². The topological polar surface area (TPSA) is 59.6 Å². The quantitative estimate of drug-likeness (QED) is 0.427. The minimum atomic E-state index is -0.326. The SMILES string of the molecule is CCOCCOC(=O)C1=C(C)NC(=S)NC1CCc1ccccc1. The van der Waals surface area contributed by atoms with Crippen LogP contribution in [0.1, 0.15) is 25.8 Å². The second-order valence-corrected chi connectivity index (χ2v) is 5.96. The van der Waals surface area contributed by atoms with E-state index in [1.165, 1.54) is 5.56 Å². The Hall–Kier alpha value is -1.92. The zero-order valence-electron chi connectivity index (χ0n) is 14.1. The lowest BCUT2D eigenvalue weighted by atomic mass is 9.96. The van der Waals surface area contributed by atoms with Gasteiger partial charge in [0.2, 0.25) is 0 Å². The summed E-state index contributed by atoms with van der Waals surface area (Å²) in [5.41, 5.74) is 2.58. The molecule has 0 spiro atoms. The van der Waals surface area contributed by atoms with Crippen molar-refractivity contribution < 1.29 is 14.3 Å². The number of rotatable bonds is 8. The number of esters is 1. The van der Waals surface area contributed by atoms with Gasteiger partial charge in [-0.15, -0.1) is 0 Å². The Kier molecular flexibility index (Phi) is 7.21. The molecule has 1 unspecified atom stereocenters. The van der Waals surface area contributed by atoms with Crippen molar-refractivity contribution in [2.24, 2.45) is 0 Å². The predicted octanol–water partition coefficient (Wildman–Crippen LogP) is 2.32. The molecule has 0 saturated heterocycles. The van der Waals surface area contributed by atoms with Gasteiger partial charge in [-0.25, -0.2) is 4.79 Å². The summed E-state index contributed by atoms with van der Waals surface area (Å²) < 4.78 is 10.5. The van der Waals surface area contributed by atoms with E-state index in [2.05, 4.69) is 22.8 Å². The summed E-state index contributed by atoms with van der Waals surface area (Å²) >= 11 is 5.22. The number of aryl methyl sites for hydroxylation is 1. The second-order valence-electron chi connectivity index (χ2n) is 5.55. The predicted molar refractivity (Wildman–Crippen MR) is 97.6 cm³/mol. The van der Waals surface area contributed by atoms with Gasteiger partial charge in [-0.2, -0.15) is 0 Å². The molecule has 0 radical (unpaired) electrons. The minimum absolute atomic E-state index is 0.154. The number of ether oxygens (including phenoxy) is 2. The van der Waals surface area contributed by atoms with Crippen molar-refractivity contribution in [1.82, 2.24) is 10.6 Å². The standard InChI is InChI=1S/C18H24N2O3S/c1-3-22-11-12-23-17(21)16-13(2)19-18(24)20-15(16)10-9-14-7-5-4-6-8-14/h4-8,15H,3,9-12H2,1-2H3,(H2,19,20,24). The van der Waals surface area contributed by atoms with E-state index in [-0.39, 0.29) is 18.6 Å². The van der Waals surface area contributed by atoms with Crippen LogP contribution in [0.5, 0.6) is 0 Å². The average Bonchev–Trinajstić information content (AvgIpc) is 2.57. The molecule has 1 atom stereocenters. The van der Waals surface area contributed by atoms with Crippen molar-refractivity contribution in [2.45, 2.75) is 32.7 Å². The molecule has 130 valence electrons. The Morgan fingerprint density at radius 1 is 1.25 bits per heavy atom. The van der Waals surface area contributed by atoms with Gasteiger partial charge < -0.3 is 20.1 Å². The van der Waals surface area contributed by atoms with Crippen LogP contribution in [-0.4, -0.2) is 36.9 Å². The lowest BCUT2D eigenvalue weighted by molar-refractivity contribution is -0.141. The maximum absolute atomic E-state index is 12.4. The van der Waals surface area contributed by atoms with E-state index < -0.39 is 0 Å². The Morgan fingerprint density at radius 3 is 2.71 bits per heavy atom. The van der Waals surface area contributed by atoms with Crippen LogP contribution >= 0.6 is 12.2 Å². The Labute approximate surface area is 148 Å². The molecule has 1 aromatic carbocycles. The third-order valence-electron chi connectivity index (χ3n) is 3.81. The molecule has 1 aliphatic heterocycles. The van der Waals surface area contributed by atoms with Crippen LogP contribution < -0.4 is 10.6 Å². The number of carbonyl (C=O) groups excluding carboxylic acids is 1. The number of hydrogen-bond acceptors (Lipinski definition) is 4. The molecular formula is C18H24N2O3S. The molecule has 1 heterocycles. The van der Waals surface area contributed by atoms with Gasteiger partial charge in [0.15, 0.2) is 5.11 Å². The normalized spacial score (nSPS) is 17.2. The summed E-state index contributed by atoms with van der Waals surface area (Å²) in [5.74, 6) is -0.326. The maximum atomic E-state index is 12.4. The summed E-state index contributed by atoms with van der Waals surface area (Å²) in [6.45, 7) is 5.02. The van der Waals surface area contributed by atoms with Crippen LogP contribution in [0.4, 0.5) is 0 Å². The van der Waals surface area contributed by atoms with Crippen LogP contribution in [0.2, 0.25) is 0 Å².